The minimum Gasteiger partial charge on any atom is -0.476 e. The summed E-state index contributed by atoms with van der Waals surface area (Å²) in [7, 11) is 0. The van der Waals surface area contributed by atoms with Crippen LogP contribution in [0.4, 0.5) is 0 Å². The van der Waals surface area contributed by atoms with Gasteiger partial charge in [0.1, 0.15) is 0 Å². The molecule has 3 rings (SSSR count). The van der Waals surface area contributed by atoms with E-state index in [9.17, 15) is 4.79 Å². The Labute approximate surface area is 104 Å². The lowest BCUT2D eigenvalue weighted by Crippen LogP contribution is -2.26. The van der Waals surface area contributed by atoms with Crippen LogP contribution in [0.2, 0.25) is 0 Å². The summed E-state index contributed by atoms with van der Waals surface area (Å²) in [4.78, 5) is 11.0. The average molecular weight is 252 g/mol. The predicted molar refractivity (Wildman–Crippen MR) is 66.8 cm³/mol. The monoisotopic (exact) mass is 252 g/mol. The number of carboxylic acid groups (broad SMARTS) is 1. The highest BCUT2D eigenvalue weighted by Crippen LogP contribution is 2.38. The van der Waals surface area contributed by atoms with Crippen molar-refractivity contribution < 1.29 is 9.90 Å². The summed E-state index contributed by atoms with van der Waals surface area (Å²) < 4.78 is 2.00. The standard InChI is InChI=1S/C12H16N2O2S/c15-12(16)10-5-11(8-3-1-2-4-8)14(13-10)9-6-17-7-9/h5,8-9H,1-4,6-7H2,(H,15,16). The van der Waals surface area contributed by atoms with E-state index in [2.05, 4.69) is 5.10 Å². The first kappa shape index (κ1) is 11.1. The minimum atomic E-state index is -0.907. The summed E-state index contributed by atoms with van der Waals surface area (Å²) in [6, 6.07) is 2.21. The molecule has 0 atom stereocenters. The molecule has 1 saturated heterocycles. The first-order valence-electron chi connectivity index (χ1n) is 6.16. The maximum Gasteiger partial charge on any atom is 0.356 e. The quantitative estimate of drug-likeness (QED) is 0.898. The van der Waals surface area contributed by atoms with Crippen LogP contribution < -0.4 is 0 Å². The van der Waals surface area contributed by atoms with Gasteiger partial charge in [0.05, 0.1) is 6.04 Å². The Hall–Kier alpha value is -0.970. The topological polar surface area (TPSA) is 55.1 Å². The normalized spacial score (nSPS) is 21.6. The zero-order chi connectivity index (χ0) is 11.8. The molecule has 1 saturated carbocycles. The van der Waals surface area contributed by atoms with Crippen molar-refractivity contribution in [1.29, 1.82) is 0 Å². The van der Waals surface area contributed by atoms with Crippen molar-refractivity contribution in [1.82, 2.24) is 9.78 Å². The van der Waals surface area contributed by atoms with Gasteiger partial charge in [-0.25, -0.2) is 4.79 Å². The Kier molecular flexibility index (Phi) is 2.86. The molecule has 2 aliphatic rings. The fourth-order valence-corrected chi connectivity index (χ4v) is 3.43. The highest BCUT2D eigenvalue weighted by molar-refractivity contribution is 8.00. The second-order valence-electron chi connectivity index (χ2n) is 4.88. The molecule has 1 aromatic rings. The third kappa shape index (κ3) is 1.97. The van der Waals surface area contributed by atoms with Crippen LogP contribution in [0.3, 0.4) is 0 Å². The van der Waals surface area contributed by atoms with E-state index in [4.69, 9.17) is 5.11 Å². The summed E-state index contributed by atoms with van der Waals surface area (Å²) in [6.07, 6.45) is 4.89. The molecule has 0 bridgehead atoms. The van der Waals surface area contributed by atoms with Crippen LogP contribution in [-0.2, 0) is 0 Å². The van der Waals surface area contributed by atoms with Gasteiger partial charge in [0.25, 0.3) is 0 Å². The Morgan fingerprint density at radius 3 is 2.65 bits per heavy atom. The van der Waals surface area contributed by atoms with Crippen LogP contribution in [-0.4, -0.2) is 32.4 Å². The predicted octanol–water partition coefficient (Wildman–Crippen LogP) is 2.53. The van der Waals surface area contributed by atoms with Crippen LogP contribution >= 0.6 is 11.8 Å². The van der Waals surface area contributed by atoms with Crippen molar-refractivity contribution in [2.75, 3.05) is 11.5 Å². The van der Waals surface area contributed by atoms with Crippen molar-refractivity contribution in [2.24, 2.45) is 0 Å². The van der Waals surface area contributed by atoms with E-state index in [-0.39, 0.29) is 5.69 Å². The number of carbonyl (C=O) groups is 1. The average Bonchev–Trinajstić information content (AvgIpc) is 2.80. The van der Waals surface area contributed by atoms with Gasteiger partial charge in [-0.3, -0.25) is 4.68 Å². The van der Waals surface area contributed by atoms with Crippen molar-refractivity contribution in [2.45, 2.75) is 37.6 Å². The van der Waals surface area contributed by atoms with Crippen LogP contribution in [0.5, 0.6) is 0 Å². The number of aromatic carboxylic acids is 1. The molecule has 1 aromatic heterocycles. The minimum absolute atomic E-state index is 0.212. The van der Waals surface area contributed by atoms with E-state index < -0.39 is 5.97 Å². The van der Waals surface area contributed by atoms with Gasteiger partial charge in [0, 0.05) is 23.1 Å². The Balaban J connectivity index is 1.95. The smallest absolute Gasteiger partial charge is 0.356 e. The highest BCUT2D eigenvalue weighted by atomic mass is 32.2. The molecule has 0 radical (unpaired) electrons. The molecule has 5 heteroatoms. The zero-order valence-electron chi connectivity index (χ0n) is 9.63. The van der Waals surface area contributed by atoms with Gasteiger partial charge in [0.15, 0.2) is 5.69 Å². The van der Waals surface area contributed by atoms with E-state index in [0.717, 1.165) is 17.2 Å². The van der Waals surface area contributed by atoms with Crippen LogP contribution in [0.25, 0.3) is 0 Å². The summed E-state index contributed by atoms with van der Waals surface area (Å²) >= 11 is 1.90. The van der Waals surface area contributed by atoms with Crippen LogP contribution in [0.15, 0.2) is 6.07 Å². The van der Waals surface area contributed by atoms with Gasteiger partial charge < -0.3 is 5.11 Å². The second-order valence-corrected chi connectivity index (χ2v) is 5.95. The van der Waals surface area contributed by atoms with E-state index in [1.165, 1.54) is 25.7 Å². The van der Waals surface area contributed by atoms with E-state index in [0.29, 0.717) is 12.0 Å². The first-order valence-corrected chi connectivity index (χ1v) is 7.31. The van der Waals surface area contributed by atoms with Crippen molar-refractivity contribution in [3.63, 3.8) is 0 Å². The van der Waals surface area contributed by atoms with Crippen molar-refractivity contribution in [3.8, 4) is 0 Å². The largest absolute Gasteiger partial charge is 0.476 e. The van der Waals surface area contributed by atoms with Gasteiger partial charge in [-0.15, -0.1) is 0 Å². The lowest BCUT2D eigenvalue weighted by Gasteiger charge is -2.28. The molecule has 17 heavy (non-hydrogen) atoms. The van der Waals surface area contributed by atoms with Gasteiger partial charge in [-0.1, -0.05) is 12.8 Å². The van der Waals surface area contributed by atoms with Crippen LogP contribution in [0.1, 0.15) is 53.8 Å². The fourth-order valence-electron chi connectivity index (χ4n) is 2.70. The third-order valence-electron chi connectivity index (χ3n) is 3.72. The molecule has 1 N–H and O–H groups in total. The van der Waals surface area contributed by atoms with Gasteiger partial charge in [-0.05, 0) is 18.9 Å². The summed E-state index contributed by atoms with van der Waals surface area (Å²) in [5.74, 6) is 1.76. The Morgan fingerprint density at radius 2 is 2.12 bits per heavy atom. The molecule has 0 spiro atoms. The van der Waals surface area contributed by atoms with E-state index in [1.54, 1.807) is 6.07 Å². The molecule has 2 heterocycles. The number of thioether (sulfide) groups is 1. The molecular weight excluding hydrogens is 236 g/mol. The lowest BCUT2D eigenvalue weighted by molar-refractivity contribution is 0.0689. The van der Waals surface area contributed by atoms with E-state index in [1.807, 2.05) is 16.4 Å². The third-order valence-corrected chi connectivity index (χ3v) is 4.96. The van der Waals surface area contributed by atoms with Crippen molar-refractivity contribution >= 4 is 17.7 Å². The Morgan fingerprint density at radius 1 is 1.41 bits per heavy atom. The SMILES string of the molecule is O=C(O)c1cc(C2CCCC2)n(C2CSC2)n1. The zero-order valence-corrected chi connectivity index (χ0v) is 10.4. The lowest BCUT2D eigenvalue weighted by atomic mass is 10.0. The number of carboxylic acids is 1. The molecule has 0 unspecified atom stereocenters. The molecule has 1 aliphatic carbocycles. The number of rotatable bonds is 3. The number of nitrogens with zero attached hydrogens (tertiary/aromatic N) is 2. The number of hydrogen-bond acceptors (Lipinski definition) is 3. The summed E-state index contributed by atoms with van der Waals surface area (Å²) in [5, 5.41) is 13.3. The maximum atomic E-state index is 11.0. The summed E-state index contributed by atoms with van der Waals surface area (Å²) in [6.45, 7) is 0. The van der Waals surface area contributed by atoms with Crippen LogP contribution in [0, 0.1) is 0 Å². The Bertz CT molecular complexity index is 434. The van der Waals surface area contributed by atoms with Gasteiger partial charge in [-0.2, -0.15) is 16.9 Å². The fraction of sp³-hybridized carbons (Fsp3) is 0.667. The second kappa shape index (κ2) is 4.37. The molecule has 92 valence electrons. The maximum absolute atomic E-state index is 11.0. The van der Waals surface area contributed by atoms with Gasteiger partial charge in [0.2, 0.25) is 0 Å². The summed E-state index contributed by atoms with van der Waals surface area (Å²) in [5.41, 5.74) is 1.37. The number of aromatic nitrogens is 2. The molecule has 1 aliphatic heterocycles. The highest BCUT2D eigenvalue weighted by Gasteiger charge is 2.29. The molecule has 0 amide bonds. The number of hydrogen-bond donors (Lipinski definition) is 1. The molecule has 0 aromatic carbocycles. The molecule has 4 nitrogen and oxygen atoms in total. The molecule has 2 fully saturated rings. The van der Waals surface area contributed by atoms with E-state index >= 15 is 0 Å². The first-order chi connectivity index (χ1) is 8.25. The van der Waals surface area contributed by atoms with Crippen molar-refractivity contribution in [3.05, 3.63) is 17.5 Å². The van der Waals surface area contributed by atoms with Gasteiger partial charge >= 0.3 is 5.97 Å². The molecular formula is C12H16N2O2S.